The summed E-state index contributed by atoms with van der Waals surface area (Å²) in [4.78, 5) is 30.5. The van der Waals surface area contributed by atoms with E-state index in [-0.39, 0.29) is 17.6 Å². The van der Waals surface area contributed by atoms with Crippen LogP contribution in [-0.2, 0) is 4.79 Å². The number of likely N-dealkylation sites (tertiary alicyclic amines) is 1. The van der Waals surface area contributed by atoms with Crippen LogP contribution in [0, 0.1) is 12.7 Å². The summed E-state index contributed by atoms with van der Waals surface area (Å²) >= 11 is 1.50. The van der Waals surface area contributed by atoms with Gasteiger partial charge in [0.05, 0.1) is 0 Å². The number of halogens is 1. The summed E-state index contributed by atoms with van der Waals surface area (Å²) in [7, 11) is 0. The van der Waals surface area contributed by atoms with Gasteiger partial charge in [-0.3, -0.25) is 9.59 Å². The minimum atomic E-state index is -0.593. The summed E-state index contributed by atoms with van der Waals surface area (Å²) in [6, 6.07) is 13.1. The van der Waals surface area contributed by atoms with E-state index in [2.05, 4.69) is 10.2 Å². The highest BCUT2D eigenvalue weighted by atomic mass is 32.2. The number of amides is 2. The highest BCUT2D eigenvalue weighted by Crippen LogP contribution is 2.42. The molecule has 0 aromatic heterocycles. The normalized spacial score (nSPS) is 21.4. The largest absolute Gasteiger partial charge is 0.353 e. The second-order valence-corrected chi connectivity index (χ2v) is 9.29. The van der Waals surface area contributed by atoms with Gasteiger partial charge in [0.25, 0.3) is 5.91 Å². The van der Waals surface area contributed by atoms with E-state index in [1.165, 1.54) is 36.7 Å². The van der Waals surface area contributed by atoms with Crippen LogP contribution in [0.3, 0.4) is 0 Å². The van der Waals surface area contributed by atoms with Crippen molar-refractivity contribution in [3.63, 3.8) is 0 Å². The molecule has 1 N–H and O–H groups in total. The lowest BCUT2D eigenvalue weighted by Gasteiger charge is -2.29. The standard InChI is InChI=1S/C24H28FN3O2S/c1-17-6-4-7-18(14-17)23(30)28-21(22(29)26-10-13-27-11-2-3-12-27)16-31-24(28)19-8-5-9-20(25)15-19/h4-9,14-15,21,24H,2-3,10-13,16H2,1H3,(H,26,29). The zero-order valence-corrected chi connectivity index (χ0v) is 18.5. The van der Waals surface area contributed by atoms with Crippen LogP contribution in [0.25, 0.3) is 0 Å². The van der Waals surface area contributed by atoms with E-state index in [1.54, 1.807) is 17.0 Å². The van der Waals surface area contributed by atoms with Crippen LogP contribution < -0.4 is 5.32 Å². The van der Waals surface area contributed by atoms with Crippen molar-refractivity contribution < 1.29 is 14.0 Å². The van der Waals surface area contributed by atoms with Crippen LogP contribution in [0.2, 0.25) is 0 Å². The van der Waals surface area contributed by atoms with Crippen molar-refractivity contribution in [1.29, 1.82) is 0 Å². The fourth-order valence-electron chi connectivity index (χ4n) is 4.26. The quantitative estimate of drug-likeness (QED) is 0.744. The molecule has 2 saturated heterocycles. The van der Waals surface area contributed by atoms with E-state index in [0.29, 0.717) is 23.4 Å². The Labute approximate surface area is 187 Å². The van der Waals surface area contributed by atoms with Crippen LogP contribution in [0.1, 0.15) is 39.7 Å². The van der Waals surface area contributed by atoms with E-state index in [1.807, 2.05) is 31.2 Å². The van der Waals surface area contributed by atoms with E-state index in [4.69, 9.17) is 0 Å². The Kier molecular flexibility index (Phi) is 6.92. The number of carbonyl (C=O) groups excluding carboxylic acids is 2. The average molecular weight is 442 g/mol. The Morgan fingerprint density at radius 2 is 1.90 bits per heavy atom. The molecule has 2 unspecified atom stereocenters. The second-order valence-electron chi connectivity index (χ2n) is 8.18. The Balaban J connectivity index is 1.54. The van der Waals surface area contributed by atoms with E-state index in [9.17, 15) is 14.0 Å². The molecule has 7 heteroatoms. The number of carbonyl (C=O) groups is 2. The monoisotopic (exact) mass is 441 g/mol. The molecule has 2 aromatic carbocycles. The molecule has 2 aliphatic heterocycles. The molecule has 4 rings (SSSR count). The number of nitrogens with one attached hydrogen (secondary N) is 1. The molecule has 2 fully saturated rings. The molecule has 2 amide bonds. The SMILES string of the molecule is Cc1cccc(C(=O)N2C(C(=O)NCCN3CCCC3)CSC2c2cccc(F)c2)c1. The minimum Gasteiger partial charge on any atom is -0.353 e. The van der Waals surface area contributed by atoms with Crippen molar-refractivity contribution in [2.45, 2.75) is 31.2 Å². The molecule has 0 aliphatic carbocycles. The summed E-state index contributed by atoms with van der Waals surface area (Å²) in [5, 5.41) is 2.62. The van der Waals surface area contributed by atoms with Gasteiger partial charge in [0.15, 0.2) is 0 Å². The van der Waals surface area contributed by atoms with Gasteiger partial charge in [0, 0.05) is 24.4 Å². The molecule has 2 aliphatic rings. The summed E-state index contributed by atoms with van der Waals surface area (Å²) < 4.78 is 13.9. The maximum Gasteiger partial charge on any atom is 0.255 e. The molecule has 2 aromatic rings. The van der Waals surface area contributed by atoms with Crippen molar-refractivity contribution in [3.8, 4) is 0 Å². The molecule has 0 bridgehead atoms. The van der Waals surface area contributed by atoms with E-state index in [0.717, 1.165) is 25.2 Å². The minimum absolute atomic E-state index is 0.147. The van der Waals surface area contributed by atoms with Crippen molar-refractivity contribution in [2.24, 2.45) is 0 Å². The maximum absolute atomic E-state index is 13.9. The third-order valence-electron chi connectivity index (χ3n) is 5.86. The molecular weight excluding hydrogens is 413 g/mol. The molecule has 5 nitrogen and oxygen atoms in total. The van der Waals surface area contributed by atoms with E-state index < -0.39 is 11.4 Å². The number of nitrogens with zero attached hydrogens (tertiary/aromatic N) is 2. The number of benzene rings is 2. The predicted molar refractivity (Wildman–Crippen MR) is 121 cm³/mol. The first kappa shape index (κ1) is 21.8. The lowest BCUT2D eigenvalue weighted by atomic mass is 10.1. The van der Waals surface area contributed by atoms with Crippen molar-refractivity contribution in [1.82, 2.24) is 15.1 Å². The lowest BCUT2D eigenvalue weighted by molar-refractivity contribution is -0.124. The van der Waals surface area contributed by atoms with Crippen LogP contribution in [0.5, 0.6) is 0 Å². The van der Waals surface area contributed by atoms with Crippen LogP contribution in [0.4, 0.5) is 4.39 Å². The number of rotatable bonds is 6. The van der Waals surface area contributed by atoms with Gasteiger partial charge in [-0.1, -0.05) is 29.8 Å². The molecule has 2 heterocycles. The van der Waals surface area contributed by atoms with Crippen LogP contribution in [-0.4, -0.2) is 59.6 Å². The number of aryl methyl sites for hydroxylation is 1. The fraction of sp³-hybridized carbons (Fsp3) is 0.417. The summed E-state index contributed by atoms with van der Waals surface area (Å²) in [5.74, 6) is -0.220. The van der Waals surface area contributed by atoms with Crippen molar-refractivity contribution >= 4 is 23.6 Å². The lowest BCUT2D eigenvalue weighted by Crippen LogP contribution is -2.49. The van der Waals surface area contributed by atoms with Gasteiger partial charge in [0.2, 0.25) is 5.91 Å². The van der Waals surface area contributed by atoms with Gasteiger partial charge < -0.3 is 15.1 Å². The zero-order chi connectivity index (χ0) is 21.8. The first-order chi connectivity index (χ1) is 15.0. The second kappa shape index (κ2) is 9.83. The van der Waals surface area contributed by atoms with E-state index >= 15 is 0 Å². The molecule has 0 spiro atoms. The van der Waals surface area contributed by atoms with Gasteiger partial charge in [-0.05, 0) is 62.7 Å². The Morgan fingerprint density at radius 3 is 2.65 bits per heavy atom. The third-order valence-corrected chi connectivity index (χ3v) is 7.19. The van der Waals surface area contributed by atoms with Gasteiger partial charge >= 0.3 is 0 Å². The Morgan fingerprint density at radius 1 is 1.13 bits per heavy atom. The van der Waals surface area contributed by atoms with Crippen LogP contribution in [0.15, 0.2) is 48.5 Å². The highest BCUT2D eigenvalue weighted by Gasteiger charge is 2.42. The van der Waals surface area contributed by atoms with Gasteiger partial charge in [-0.2, -0.15) is 0 Å². The molecule has 2 atom stereocenters. The van der Waals surface area contributed by atoms with Crippen molar-refractivity contribution in [3.05, 3.63) is 71.0 Å². The first-order valence-electron chi connectivity index (χ1n) is 10.8. The highest BCUT2D eigenvalue weighted by molar-refractivity contribution is 7.99. The van der Waals surface area contributed by atoms with Crippen molar-refractivity contribution in [2.75, 3.05) is 31.9 Å². The maximum atomic E-state index is 13.9. The predicted octanol–water partition coefficient (Wildman–Crippen LogP) is 3.60. The third kappa shape index (κ3) is 5.10. The summed E-state index contributed by atoms with van der Waals surface area (Å²) in [6.45, 7) is 5.48. The fourth-order valence-corrected chi connectivity index (χ4v) is 5.68. The molecule has 164 valence electrons. The van der Waals surface area contributed by atoms with Gasteiger partial charge in [0.1, 0.15) is 17.2 Å². The van der Waals surface area contributed by atoms with Gasteiger partial charge in [-0.25, -0.2) is 4.39 Å². The van der Waals surface area contributed by atoms with Gasteiger partial charge in [-0.15, -0.1) is 11.8 Å². The van der Waals surface area contributed by atoms with Crippen LogP contribution >= 0.6 is 11.8 Å². The number of thioether (sulfide) groups is 1. The summed E-state index contributed by atoms with van der Waals surface area (Å²) in [5.41, 5.74) is 2.21. The Bertz CT molecular complexity index is 948. The topological polar surface area (TPSA) is 52.7 Å². The number of hydrogen-bond acceptors (Lipinski definition) is 4. The average Bonchev–Trinajstić information content (AvgIpc) is 3.43. The molecule has 0 saturated carbocycles. The first-order valence-corrected chi connectivity index (χ1v) is 11.8. The summed E-state index contributed by atoms with van der Waals surface area (Å²) in [6.07, 6.45) is 2.42. The number of hydrogen-bond donors (Lipinski definition) is 1. The smallest absolute Gasteiger partial charge is 0.255 e. The molecule has 0 radical (unpaired) electrons. The Hall–Kier alpha value is -2.38. The zero-order valence-electron chi connectivity index (χ0n) is 17.7. The molecular formula is C24H28FN3O2S. The molecule has 31 heavy (non-hydrogen) atoms.